The molecule has 10 heteroatoms. The van der Waals surface area contributed by atoms with E-state index in [1.807, 2.05) is 11.4 Å². The number of morpholine rings is 1. The molecule has 2 aliphatic rings. The molecular weight excluding hydrogens is 527 g/mol. The summed E-state index contributed by atoms with van der Waals surface area (Å²) in [5.74, 6) is 0.374. The average molecular weight is 561 g/mol. The monoisotopic (exact) mass is 560 g/mol. The maximum Gasteiger partial charge on any atom is 0.251 e. The molecule has 1 amide bonds. The lowest BCUT2D eigenvalue weighted by atomic mass is 10.0. The van der Waals surface area contributed by atoms with Crippen LogP contribution in [0.5, 0.6) is 0 Å². The first-order chi connectivity index (χ1) is 19.6. The number of ether oxygens (including phenoxy) is 1. The summed E-state index contributed by atoms with van der Waals surface area (Å²) in [5.41, 5.74) is 3.43. The van der Waals surface area contributed by atoms with Crippen LogP contribution in [0.25, 0.3) is 22.3 Å². The van der Waals surface area contributed by atoms with Crippen LogP contribution in [0.1, 0.15) is 34.6 Å². The molecule has 0 aliphatic carbocycles. The number of carbonyl (C=O) groups is 1. The molecule has 0 unspecified atom stereocenters. The van der Waals surface area contributed by atoms with Crippen molar-refractivity contribution < 1.29 is 13.9 Å². The van der Waals surface area contributed by atoms with Gasteiger partial charge in [0.2, 0.25) is 0 Å². The Morgan fingerprint density at radius 3 is 2.58 bits per heavy atom. The van der Waals surface area contributed by atoms with Gasteiger partial charge in [-0.3, -0.25) is 9.69 Å². The van der Waals surface area contributed by atoms with Crippen molar-refractivity contribution >= 4 is 34.1 Å². The summed E-state index contributed by atoms with van der Waals surface area (Å²) >= 11 is 1.63. The van der Waals surface area contributed by atoms with Crippen LogP contribution in [0.3, 0.4) is 0 Å². The number of carbonyl (C=O) groups excluding carboxylic acids is 1. The number of fused-ring (bicyclic) bond motifs is 1. The van der Waals surface area contributed by atoms with E-state index in [9.17, 15) is 9.18 Å². The van der Waals surface area contributed by atoms with Gasteiger partial charge >= 0.3 is 0 Å². The summed E-state index contributed by atoms with van der Waals surface area (Å²) < 4.78 is 19.3. The Kier molecular flexibility index (Phi) is 8.27. The topological polar surface area (TPSA) is 83.5 Å². The van der Waals surface area contributed by atoms with Gasteiger partial charge in [0, 0.05) is 67.9 Å². The lowest BCUT2D eigenvalue weighted by molar-refractivity contribution is 0.0115. The SMILES string of the molecule is O=C(NCCCc1nccs1)c1ccc2nc(N3CCC(N4CCOCC4)CC3)c(-c3ccc(F)cc3)nc2c1. The minimum Gasteiger partial charge on any atom is -0.379 e. The number of nitrogens with zero attached hydrogens (tertiary/aromatic N) is 5. The zero-order chi connectivity index (χ0) is 27.3. The Bertz CT molecular complexity index is 1430. The van der Waals surface area contributed by atoms with Crippen molar-refractivity contribution in [3.63, 3.8) is 0 Å². The minimum atomic E-state index is -0.292. The van der Waals surface area contributed by atoms with E-state index in [1.165, 1.54) is 12.1 Å². The molecule has 2 fully saturated rings. The van der Waals surface area contributed by atoms with Gasteiger partial charge in [-0.25, -0.2) is 19.3 Å². The van der Waals surface area contributed by atoms with Gasteiger partial charge in [-0.2, -0.15) is 0 Å². The van der Waals surface area contributed by atoms with Gasteiger partial charge in [-0.05, 0) is 61.7 Å². The number of hydrogen-bond acceptors (Lipinski definition) is 8. The molecule has 2 aliphatic heterocycles. The average Bonchev–Trinajstić information content (AvgIpc) is 3.53. The molecule has 0 saturated carbocycles. The summed E-state index contributed by atoms with van der Waals surface area (Å²) in [6.07, 6.45) is 5.56. The fourth-order valence-corrected chi connectivity index (χ4v) is 6.18. The Labute approximate surface area is 237 Å². The van der Waals surface area contributed by atoms with Crippen LogP contribution in [0, 0.1) is 5.82 Å². The molecule has 0 spiro atoms. The number of nitrogens with one attached hydrogen (secondary N) is 1. The molecule has 0 atom stereocenters. The third kappa shape index (κ3) is 6.14. The summed E-state index contributed by atoms with van der Waals surface area (Å²) in [5, 5.41) is 6.04. The number of rotatable bonds is 8. The molecule has 8 nitrogen and oxygen atoms in total. The van der Waals surface area contributed by atoms with E-state index in [2.05, 4.69) is 20.1 Å². The maximum atomic E-state index is 13.8. The quantitative estimate of drug-likeness (QED) is 0.317. The second kappa shape index (κ2) is 12.4. The van der Waals surface area contributed by atoms with Gasteiger partial charge in [0.15, 0.2) is 5.82 Å². The summed E-state index contributed by atoms with van der Waals surface area (Å²) in [6.45, 7) is 5.90. The van der Waals surface area contributed by atoms with Crippen molar-refractivity contribution in [3.05, 3.63) is 70.4 Å². The number of amides is 1. The molecule has 1 N–H and O–H groups in total. The molecule has 4 heterocycles. The highest BCUT2D eigenvalue weighted by atomic mass is 32.1. The smallest absolute Gasteiger partial charge is 0.251 e. The van der Waals surface area contributed by atoms with Crippen LogP contribution < -0.4 is 10.2 Å². The molecular formula is C30H33FN6O2S. The van der Waals surface area contributed by atoms with E-state index < -0.39 is 0 Å². The van der Waals surface area contributed by atoms with E-state index in [0.29, 0.717) is 29.4 Å². The van der Waals surface area contributed by atoms with Crippen molar-refractivity contribution in [2.24, 2.45) is 0 Å². The second-order valence-corrected chi connectivity index (χ2v) is 11.2. The van der Waals surface area contributed by atoms with E-state index in [1.54, 1.807) is 41.8 Å². The summed E-state index contributed by atoms with van der Waals surface area (Å²) in [6, 6.07) is 12.4. The third-order valence-electron chi connectivity index (χ3n) is 7.69. The largest absolute Gasteiger partial charge is 0.379 e. The highest BCUT2D eigenvalue weighted by molar-refractivity contribution is 7.09. The number of aromatic nitrogens is 3. The molecule has 2 aromatic carbocycles. The predicted molar refractivity (Wildman–Crippen MR) is 155 cm³/mol. The van der Waals surface area contributed by atoms with Crippen molar-refractivity contribution in [3.8, 4) is 11.3 Å². The molecule has 0 radical (unpaired) electrons. The Morgan fingerprint density at radius 1 is 1.02 bits per heavy atom. The van der Waals surface area contributed by atoms with Crippen molar-refractivity contribution in [2.45, 2.75) is 31.7 Å². The highest BCUT2D eigenvalue weighted by Crippen LogP contribution is 2.32. The molecule has 4 aromatic rings. The van der Waals surface area contributed by atoms with E-state index in [4.69, 9.17) is 14.7 Å². The van der Waals surface area contributed by atoms with Crippen LogP contribution in [0.4, 0.5) is 10.2 Å². The first-order valence-corrected chi connectivity index (χ1v) is 14.8. The van der Waals surface area contributed by atoms with Crippen LogP contribution in [0.15, 0.2) is 54.0 Å². The molecule has 6 rings (SSSR count). The number of anilines is 1. The second-order valence-electron chi connectivity index (χ2n) is 10.3. The molecule has 0 bridgehead atoms. The van der Waals surface area contributed by atoms with Crippen LogP contribution in [-0.4, -0.2) is 77.7 Å². The van der Waals surface area contributed by atoms with E-state index >= 15 is 0 Å². The molecule has 2 saturated heterocycles. The van der Waals surface area contributed by atoms with Crippen LogP contribution >= 0.6 is 11.3 Å². The number of hydrogen-bond donors (Lipinski definition) is 1. The number of aryl methyl sites for hydroxylation is 1. The molecule has 40 heavy (non-hydrogen) atoms. The van der Waals surface area contributed by atoms with E-state index in [-0.39, 0.29) is 11.7 Å². The molecule has 2 aromatic heterocycles. The minimum absolute atomic E-state index is 0.138. The van der Waals surface area contributed by atoms with Crippen molar-refractivity contribution in [1.29, 1.82) is 0 Å². The number of halogens is 1. The van der Waals surface area contributed by atoms with Crippen molar-refractivity contribution in [2.75, 3.05) is 50.8 Å². The zero-order valence-corrected chi connectivity index (χ0v) is 23.2. The lowest BCUT2D eigenvalue weighted by Crippen LogP contribution is -2.49. The first kappa shape index (κ1) is 26.7. The third-order valence-corrected chi connectivity index (χ3v) is 8.53. The van der Waals surface area contributed by atoms with Gasteiger partial charge < -0.3 is 15.0 Å². The Balaban J connectivity index is 1.22. The molecule has 208 valence electrons. The first-order valence-electron chi connectivity index (χ1n) is 13.9. The normalized spacial score (nSPS) is 16.9. The Morgan fingerprint density at radius 2 is 1.82 bits per heavy atom. The fourth-order valence-electron chi connectivity index (χ4n) is 5.51. The summed E-state index contributed by atoms with van der Waals surface area (Å²) in [7, 11) is 0. The number of thiazole rings is 1. The van der Waals surface area contributed by atoms with Gasteiger partial charge in [-0.1, -0.05) is 0 Å². The van der Waals surface area contributed by atoms with Gasteiger partial charge in [0.1, 0.15) is 11.5 Å². The Hall–Kier alpha value is -3.47. The van der Waals surface area contributed by atoms with Crippen LogP contribution in [0.2, 0.25) is 0 Å². The van der Waals surface area contributed by atoms with Crippen molar-refractivity contribution in [1.82, 2.24) is 25.2 Å². The van der Waals surface area contributed by atoms with Gasteiger partial charge in [0.25, 0.3) is 5.91 Å². The summed E-state index contributed by atoms with van der Waals surface area (Å²) in [4.78, 5) is 32.0. The highest BCUT2D eigenvalue weighted by Gasteiger charge is 2.28. The fraction of sp³-hybridized carbons (Fsp3) is 0.400. The number of piperidine rings is 1. The number of benzene rings is 2. The van der Waals surface area contributed by atoms with E-state index in [0.717, 1.165) is 87.0 Å². The zero-order valence-electron chi connectivity index (χ0n) is 22.4. The van der Waals surface area contributed by atoms with Gasteiger partial charge in [0.05, 0.1) is 29.3 Å². The van der Waals surface area contributed by atoms with Crippen LogP contribution in [-0.2, 0) is 11.2 Å². The predicted octanol–water partition coefficient (Wildman–Crippen LogP) is 4.56. The maximum absolute atomic E-state index is 13.8. The lowest BCUT2D eigenvalue weighted by Gasteiger charge is -2.40. The van der Waals surface area contributed by atoms with Gasteiger partial charge in [-0.15, -0.1) is 11.3 Å². The standard InChI is InChI=1S/C30H33FN6O2S/c31-23-6-3-21(4-7-23)28-29(37-13-9-24(10-14-37)36-15-17-39-18-16-36)35-25-8-5-22(20-26(25)34-28)30(38)33-11-1-2-27-32-12-19-40-27/h3-8,12,19-20,24H,1-2,9-11,13-18H2,(H,33,38).